The molecule has 3 atom stereocenters. The maximum absolute atomic E-state index is 13.7. The van der Waals surface area contributed by atoms with Gasteiger partial charge in [0.2, 0.25) is 0 Å². The van der Waals surface area contributed by atoms with Crippen molar-refractivity contribution in [3.63, 3.8) is 0 Å². The van der Waals surface area contributed by atoms with Gasteiger partial charge in [0.25, 0.3) is 0 Å². The largest absolute Gasteiger partial charge is 0.249 e. The van der Waals surface area contributed by atoms with Crippen LogP contribution in [0.15, 0.2) is 99.6 Å². The SMILES string of the molecule is CCCC/C=C(\[C@@H](NS(=O)c1ccc(C)cc1)c1ccccc1)S(=O)c1ccc(C)cc1. The van der Waals surface area contributed by atoms with Gasteiger partial charge in [0, 0.05) is 9.80 Å². The van der Waals surface area contributed by atoms with Gasteiger partial charge in [-0.1, -0.05) is 91.6 Å². The van der Waals surface area contributed by atoms with Crippen molar-refractivity contribution in [3.05, 3.63) is 107 Å². The lowest BCUT2D eigenvalue weighted by Crippen LogP contribution is -2.27. The Labute approximate surface area is 197 Å². The first kappa shape index (κ1) is 24.3. The molecule has 0 aliphatic heterocycles. The highest BCUT2D eigenvalue weighted by Gasteiger charge is 2.25. The minimum absolute atomic E-state index is 0.433. The number of benzene rings is 3. The fourth-order valence-corrected chi connectivity index (χ4v) is 5.72. The summed E-state index contributed by atoms with van der Waals surface area (Å²) in [6, 6.07) is 24.9. The van der Waals surface area contributed by atoms with Crippen molar-refractivity contribution in [2.45, 2.75) is 55.9 Å². The van der Waals surface area contributed by atoms with Crippen LogP contribution < -0.4 is 4.72 Å². The van der Waals surface area contributed by atoms with Crippen LogP contribution >= 0.6 is 0 Å². The van der Waals surface area contributed by atoms with Crippen LogP contribution in [0.1, 0.15) is 48.9 Å². The molecule has 0 aliphatic rings. The van der Waals surface area contributed by atoms with E-state index in [0.29, 0.717) is 4.90 Å². The number of rotatable bonds is 10. The van der Waals surface area contributed by atoms with Crippen molar-refractivity contribution >= 4 is 21.8 Å². The summed E-state index contributed by atoms with van der Waals surface area (Å²) in [5, 5.41) is 0. The second kappa shape index (κ2) is 12.0. The highest BCUT2D eigenvalue weighted by atomic mass is 32.2. The van der Waals surface area contributed by atoms with Gasteiger partial charge < -0.3 is 0 Å². The van der Waals surface area contributed by atoms with E-state index in [0.717, 1.165) is 45.8 Å². The van der Waals surface area contributed by atoms with Gasteiger partial charge in [0.1, 0.15) is 11.0 Å². The van der Waals surface area contributed by atoms with E-state index in [2.05, 4.69) is 17.7 Å². The zero-order valence-corrected chi connectivity index (χ0v) is 20.5. The van der Waals surface area contributed by atoms with Crippen LogP contribution in [0.4, 0.5) is 0 Å². The van der Waals surface area contributed by atoms with Gasteiger partial charge in [-0.05, 0) is 50.1 Å². The molecule has 3 nitrogen and oxygen atoms in total. The molecular weight excluding hydrogens is 434 g/mol. The summed E-state index contributed by atoms with van der Waals surface area (Å²) in [5.41, 5.74) is 3.18. The summed E-state index contributed by atoms with van der Waals surface area (Å²) in [7, 11) is -2.83. The Hall–Kier alpha value is -2.34. The number of allylic oxidation sites excluding steroid dienone is 1. The summed E-state index contributed by atoms with van der Waals surface area (Å²) in [5.74, 6) is 0. The quantitative estimate of drug-likeness (QED) is 0.346. The molecular formula is C27H31NO2S2. The number of nitrogens with one attached hydrogen (secondary N) is 1. The standard InChI is InChI=1S/C27H31NO2S2/c1-4-5-7-12-26(31(29)24-17-13-21(2)14-18-24)27(23-10-8-6-9-11-23)28-32(30)25-19-15-22(3)16-20-25/h6,8-20,27-28H,4-5,7H2,1-3H3/b26-12+/t27-,31?,32?/m0/s1. The molecule has 3 rings (SSSR count). The van der Waals surface area contributed by atoms with Crippen molar-refractivity contribution in [2.24, 2.45) is 0 Å². The molecule has 0 aliphatic carbocycles. The van der Waals surface area contributed by atoms with Gasteiger partial charge in [-0.3, -0.25) is 0 Å². The minimum Gasteiger partial charge on any atom is -0.249 e. The van der Waals surface area contributed by atoms with Gasteiger partial charge in [0.05, 0.1) is 21.7 Å². The Morgan fingerprint density at radius 2 is 1.41 bits per heavy atom. The van der Waals surface area contributed by atoms with Gasteiger partial charge in [0.15, 0.2) is 0 Å². The highest BCUT2D eigenvalue weighted by molar-refractivity contribution is 7.89. The molecule has 0 heterocycles. The van der Waals surface area contributed by atoms with Crippen molar-refractivity contribution in [2.75, 3.05) is 0 Å². The smallest absolute Gasteiger partial charge is 0.125 e. The van der Waals surface area contributed by atoms with Crippen LogP contribution in [-0.4, -0.2) is 8.42 Å². The monoisotopic (exact) mass is 465 g/mol. The van der Waals surface area contributed by atoms with E-state index in [1.165, 1.54) is 0 Å². The van der Waals surface area contributed by atoms with Crippen molar-refractivity contribution in [1.29, 1.82) is 0 Å². The third-order valence-electron chi connectivity index (χ3n) is 5.23. The first-order chi connectivity index (χ1) is 15.5. The molecule has 0 fully saturated rings. The topological polar surface area (TPSA) is 46.2 Å². The Balaban J connectivity index is 2.01. The second-order valence-corrected chi connectivity index (χ2v) is 10.6. The molecule has 3 aromatic rings. The van der Waals surface area contributed by atoms with Gasteiger partial charge in [-0.2, -0.15) is 0 Å². The Morgan fingerprint density at radius 3 is 1.97 bits per heavy atom. The molecule has 0 bridgehead atoms. The highest BCUT2D eigenvalue weighted by Crippen LogP contribution is 2.30. The van der Waals surface area contributed by atoms with Crippen LogP contribution in [0.3, 0.4) is 0 Å². The molecule has 0 saturated carbocycles. The predicted octanol–water partition coefficient (Wildman–Crippen LogP) is 6.54. The zero-order chi connectivity index (χ0) is 22.9. The average molecular weight is 466 g/mol. The molecule has 0 saturated heterocycles. The summed E-state index contributed by atoms with van der Waals surface area (Å²) in [4.78, 5) is 2.20. The number of hydrogen-bond acceptors (Lipinski definition) is 2. The fourth-order valence-electron chi connectivity index (χ4n) is 3.32. The lowest BCUT2D eigenvalue weighted by atomic mass is 10.1. The van der Waals surface area contributed by atoms with E-state index in [1.807, 2.05) is 92.7 Å². The Kier molecular flexibility index (Phi) is 9.15. The average Bonchev–Trinajstić information content (AvgIpc) is 2.82. The fraction of sp³-hybridized carbons (Fsp3) is 0.259. The molecule has 0 aromatic heterocycles. The summed E-state index contributed by atoms with van der Waals surface area (Å²) in [6.07, 6.45) is 4.96. The van der Waals surface area contributed by atoms with E-state index in [4.69, 9.17) is 0 Å². The molecule has 1 N–H and O–H groups in total. The third-order valence-corrected chi connectivity index (χ3v) is 7.91. The van der Waals surface area contributed by atoms with E-state index in [-0.39, 0.29) is 0 Å². The van der Waals surface area contributed by atoms with Crippen LogP contribution in [0, 0.1) is 13.8 Å². The number of aryl methyl sites for hydroxylation is 2. The molecule has 0 amide bonds. The molecule has 32 heavy (non-hydrogen) atoms. The summed E-state index contributed by atoms with van der Waals surface area (Å²) < 4.78 is 30.3. The zero-order valence-electron chi connectivity index (χ0n) is 18.9. The lowest BCUT2D eigenvalue weighted by Gasteiger charge is -2.22. The molecule has 168 valence electrons. The number of hydrogen-bond donors (Lipinski definition) is 1. The van der Waals surface area contributed by atoms with E-state index < -0.39 is 27.8 Å². The first-order valence-electron chi connectivity index (χ1n) is 11.0. The molecule has 5 heteroatoms. The van der Waals surface area contributed by atoms with E-state index >= 15 is 0 Å². The molecule has 3 aromatic carbocycles. The predicted molar refractivity (Wildman–Crippen MR) is 135 cm³/mol. The van der Waals surface area contributed by atoms with Gasteiger partial charge in [-0.15, -0.1) is 0 Å². The van der Waals surface area contributed by atoms with Crippen LogP contribution in [0.2, 0.25) is 0 Å². The van der Waals surface area contributed by atoms with Crippen molar-refractivity contribution < 1.29 is 8.42 Å². The second-order valence-electron chi connectivity index (χ2n) is 7.87. The van der Waals surface area contributed by atoms with Gasteiger partial charge in [-0.25, -0.2) is 13.1 Å². The lowest BCUT2D eigenvalue weighted by molar-refractivity contribution is 0.657. The first-order valence-corrected chi connectivity index (χ1v) is 13.3. The van der Waals surface area contributed by atoms with E-state index in [9.17, 15) is 8.42 Å². The normalized spacial score (nSPS) is 14.7. The molecule has 2 unspecified atom stereocenters. The summed E-state index contributed by atoms with van der Waals surface area (Å²) in [6.45, 7) is 6.17. The summed E-state index contributed by atoms with van der Waals surface area (Å²) >= 11 is 0. The van der Waals surface area contributed by atoms with Crippen LogP contribution in [0.25, 0.3) is 0 Å². The van der Waals surface area contributed by atoms with Crippen molar-refractivity contribution in [3.8, 4) is 0 Å². The minimum atomic E-state index is -1.45. The maximum Gasteiger partial charge on any atom is 0.125 e. The maximum atomic E-state index is 13.7. The van der Waals surface area contributed by atoms with Crippen LogP contribution in [0.5, 0.6) is 0 Å². The molecule has 0 radical (unpaired) electrons. The Morgan fingerprint density at radius 1 is 0.844 bits per heavy atom. The van der Waals surface area contributed by atoms with Gasteiger partial charge >= 0.3 is 0 Å². The molecule has 0 spiro atoms. The number of unbranched alkanes of at least 4 members (excludes halogenated alkanes) is 2. The van der Waals surface area contributed by atoms with E-state index in [1.54, 1.807) is 0 Å². The Bertz CT molecular complexity index is 1070. The third kappa shape index (κ3) is 6.58. The van der Waals surface area contributed by atoms with Crippen molar-refractivity contribution in [1.82, 2.24) is 4.72 Å². The van der Waals surface area contributed by atoms with Crippen LogP contribution in [-0.2, 0) is 21.8 Å².